The van der Waals surface area contributed by atoms with Gasteiger partial charge in [-0.3, -0.25) is 9.80 Å². The summed E-state index contributed by atoms with van der Waals surface area (Å²) in [6, 6.07) is 4.50. The van der Waals surface area contributed by atoms with Crippen molar-refractivity contribution in [1.82, 2.24) is 0 Å². The Labute approximate surface area is 89.9 Å². The first-order valence-corrected chi connectivity index (χ1v) is 5.25. The summed E-state index contributed by atoms with van der Waals surface area (Å²) < 4.78 is 13.7. The molecule has 78 valence electrons. The number of thioether (sulfide) groups is 1. The van der Waals surface area contributed by atoms with E-state index < -0.39 is 11.7 Å². The number of anilines is 1. The molecule has 0 fully saturated rings. The molecule has 0 atom stereocenters. The lowest BCUT2D eigenvalue weighted by Gasteiger charge is -2.14. The molecule has 1 aliphatic rings. The number of nitrogens with two attached hydrogens (primary N) is 1. The van der Waals surface area contributed by atoms with E-state index in [2.05, 4.69) is 5.10 Å². The molecule has 2 N–H and O–H groups in total. The Morgan fingerprint density at radius 2 is 2.40 bits per heavy atom. The number of nitrogens with zero attached hydrogens (tertiary/aromatic N) is 2. The average molecular weight is 225 g/mol. The maximum atomic E-state index is 13.7. The number of hydrogen-bond donors (Lipinski definition) is 1. The van der Waals surface area contributed by atoms with Gasteiger partial charge in [-0.25, -0.2) is 4.39 Å². The van der Waals surface area contributed by atoms with Gasteiger partial charge in [0, 0.05) is 0 Å². The third kappa shape index (κ3) is 1.80. The maximum absolute atomic E-state index is 13.7. The molecule has 0 saturated carbocycles. The highest BCUT2D eigenvalue weighted by molar-refractivity contribution is 8.12. The molecule has 6 heteroatoms. The van der Waals surface area contributed by atoms with Crippen LogP contribution in [-0.4, -0.2) is 17.3 Å². The van der Waals surface area contributed by atoms with Crippen molar-refractivity contribution in [3.63, 3.8) is 0 Å². The van der Waals surface area contributed by atoms with Gasteiger partial charge in [0.25, 0.3) is 5.91 Å². The van der Waals surface area contributed by atoms with Gasteiger partial charge in [0.1, 0.15) is 0 Å². The average Bonchev–Trinajstić information content (AvgIpc) is 2.70. The summed E-state index contributed by atoms with van der Waals surface area (Å²) in [5.41, 5.74) is 6.82. The highest BCUT2D eigenvalue weighted by atomic mass is 32.2. The summed E-state index contributed by atoms with van der Waals surface area (Å²) in [6.45, 7) is 0. The third-order valence-electron chi connectivity index (χ3n) is 1.98. The smallest absolute Gasteiger partial charge is 0.251 e. The lowest BCUT2D eigenvalue weighted by atomic mass is 10.1. The zero-order valence-electron chi connectivity index (χ0n) is 7.68. The fourth-order valence-corrected chi connectivity index (χ4v) is 1.86. The number of hydrogen-bond acceptors (Lipinski definition) is 4. The monoisotopic (exact) mass is 225 g/mol. The molecule has 0 saturated heterocycles. The molecule has 0 aliphatic carbocycles. The lowest BCUT2D eigenvalue weighted by Crippen LogP contribution is -2.17. The summed E-state index contributed by atoms with van der Waals surface area (Å²) in [7, 11) is 0. The maximum Gasteiger partial charge on any atom is 0.251 e. The Balaban J connectivity index is 2.43. The van der Waals surface area contributed by atoms with Gasteiger partial charge in [-0.2, -0.15) is 5.10 Å². The van der Waals surface area contributed by atoms with Crippen LogP contribution in [0.2, 0.25) is 0 Å². The molecule has 0 unspecified atom stereocenters. The van der Waals surface area contributed by atoms with Crippen molar-refractivity contribution in [3.05, 3.63) is 29.6 Å². The Morgan fingerprint density at radius 1 is 1.60 bits per heavy atom. The molecule has 1 amide bonds. The minimum Gasteiger partial charge on any atom is -0.366 e. The molecule has 0 spiro atoms. The van der Waals surface area contributed by atoms with Crippen LogP contribution in [0, 0.1) is 5.82 Å². The Hall–Kier alpha value is -1.56. The minimum atomic E-state index is -0.773. The van der Waals surface area contributed by atoms with Gasteiger partial charge in [0.15, 0.2) is 5.82 Å². The van der Waals surface area contributed by atoms with Crippen LogP contribution in [0.4, 0.5) is 10.1 Å². The van der Waals surface area contributed by atoms with Gasteiger partial charge >= 0.3 is 0 Å². The van der Waals surface area contributed by atoms with E-state index in [4.69, 9.17) is 5.73 Å². The van der Waals surface area contributed by atoms with Crippen LogP contribution in [-0.2, 0) is 0 Å². The van der Waals surface area contributed by atoms with Crippen molar-refractivity contribution in [2.45, 2.75) is 0 Å². The third-order valence-corrected chi connectivity index (χ3v) is 2.62. The second kappa shape index (κ2) is 3.90. The quantitative estimate of drug-likeness (QED) is 0.827. The van der Waals surface area contributed by atoms with Gasteiger partial charge in [-0.15, -0.1) is 0 Å². The van der Waals surface area contributed by atoms with E-state index in [1.54, 1.807) is 17.7 Å². The fourth-order valence-electron chi connectivity index (χ4n) is 1.27. The molecule has 4 nitrogen and oxygen atoms in total. The predicted octanol–water partition coefficient (Wildman–Crippen LogP) is 1.38. The SMILES string of the molecule is NC(=O)c1cccc(N2CSC=N2)c1F. The van der Waals surface area contributed by atoms with E-state index in [9.17, 15) is 9.18 Å². The van der Waals surface area contributed by atoms with Gasteiger partial charge in [0.05, 0.1) is 22.7 Å². The zero-order valence-corrected chi connectivity index (χ0v) is 8.50. The first-order chi connectivity index (χ1) is 7.20. The summed E-state index contributed by atoms with van der Waals surface area (Å²) in [4.78, 5) is 10.9. The minimum absolute atomic E-state index is 0.111. The molecule has 15 heavy (non-hydrogen) atoms. The van der Waals surface area contributed by atoms with E-state index in [1.165, 1.54) is 22.8 Å². The van der Waals surface area contributed by atoms with Crippen molar-refractivity contribution >= 4 is 28.9 Å². The molecule has 2 rings (SSSR count). The largest absolute Gasteiger partial charge is 0.366 e. The standard InChI is InChI=1S/C9H8FN3OS/c10-8-6(9(11)14)2-1-3-7(8)13-5-15-4-12-13/h1-4H,5H2,(H2,11,14). The first-order valence-electron chi connectivity index (χ1n) is 4.20. The number of halogens is 1. The number of carbonyl (C=O) groups is 1. The fraction of sp³-hybridized carbons (Fsp3) is 0.111. The number of benzene rings is 1. The van der Waals surface area contributed by atoms with E-state index >= 15 is 0 Å². The van der Waals surface area contributed by atoms with Crippen LogP contribution in [0.25, 0.3) is 0 Å². The van der Waals surface area contributed by atoms with Crippen molar-refractivity contribution in [1.29, 1.82) is 0 Å². The summed E-state index contributed by atoms with van der Waals surface area (Å²) in [5.74, 6) is -0.853. The molecule has 1 aromatic carbocycles. The van der Waals surface area contributed by atoms with Crippen LogP contribution in [0.3, 0.4) is 0 Å². The highest BCUT2D eigenvalue weighted by Gasteiger charge is 2.18. The molecule has 0 bridgehead atoms. The van der Waals surface area contributed by atoms with Crippen molar-refractivity contribution in [2.75, 3.05) is 10.9 Å². The number of rotatable bonds is 2. The van der Waals surface area contributed by atoms with E-state index in [0.29, 0.717) is 5.88 Å². The molecular formula is C9H8FN3OS. The first kappa shape index (κ1) is 9.97. The predicted molar refractivity (Wildman–Crippen MR) is 58.3 cm³/mol. The number of amides is 1. The molecule has 1 aromatic rings. The summed E-state index contributed by atoms with van der Waals surface area (Å²) in [6.07, 6.45) is 0. The van der Waals surface area contributed by atoms with E-state index in [1.807, 2.05) is 0 Å². The van der Waals surface area contributed by atoms with Crippen LogP contribution < -0.4 is 10.7 Å². The Bertz CT molecular complexity index is 435. The van der Waals surface area contributed by atoms with Crippen molar-refractivity contribution < 1.29 is 9.18 Å². The van der Waals surface area contributed by atoms with Crippen LogP contribution in [0.15, 0.2) is 23.3 Å². The van der Waals surface area contributed by atoms with Crippen LogP contribution >= 0.6 is 11.8 Å². The molecule has 1 aliphatic heterocycles. The number of carbonyl (C=O) groups excluding carboxylic acids is 1. The highest BCUT2D eigenvalue weighted by Crippen LogP contribution is 2.26. The molecular weight excluding hydrogens is 217 g/mol. The summed E-state index contributed by atoms with van der Waals surface area (Å²) >= 11 is 1.45. The van der Waals surface area contributed by atoms with Gasteiger partial charge in [-0.05, 0) is 12.1 Å². The lowest BCUT2D eigenvalue weighted by molar-refractivity contribution is 0.0996. The van der Waals surface area contributed by atoms with Gasteiger partial charge in [-0.1, -0.05) is 17.8 Å². The van der Waals surface area contributed by atoms with Crippen LogP contribution in [0.5, 0.6) is 0 Å². The second-order valence-corrected chi connectivity index (χ2v) is 3.72. The second-order valence-electron chi connectivity index (χ2n) is 2.92. The van der Waals surface area contributed by atoms with Crippen molar-refractivity contribution in [3.8, 4) is 0 Å². The summed E-state index contributed by atoms with van der Waals surface area (Å²) in [5, 5.41) is 5.42. The number of primary amides is 1. The topological polar surface area (TPSA) is 58.7 Å². The van der Waals surface area contributed by atoms with Gasteiger partial charge in [0.2, 0.25) is 0 Å². The molecule has 0 aromatic heterocycles. The van der Waals surface area contributed by atoms with Crippen LogP contribution in [0.1, 0.15) is 10.4 Å². The normalized spacial score (nSPS) is 14.6. The van der Waals surface area contributed by atoms with Gasteiger partial charge < -0.3 is 5.73 Å². The zero-order chi connectivity index (χ0) is 10.8. The van der Waals surface area contributed by atoms with E-state index in [0.717, 1.165) is 0 Å². The van der Waals surface area contributed by atoms with E-state index in [-0.39, 0.29) is 11.3 Å². The molecule has 1 heterocycles. The number of hydrazone groups is 1. The Morgan fingerprint density at radius 3 is 3.00 bits per heavy atom. The van der Waals surface area contributed by atoms with Crippen molar-refractivity contribution in [2.24, 2.45) is 10.8 Å². The molecule has 0 radical (unpaired) electrons. The Kier molecular flexibility index (Phi) is 2.59.